The van der Waals surface area contributed by atoms with Crippen LogP contribution in [0.1, 0.15) is 201 Å². The molecule has 3 N–H and O–H groups in total. The second kappa shape index (κ2) is 52.2. The number of aliphatic hydroxyl groups is 3. The molecular formula is C48H96N2O7S6. The zero-order valence-electron chi connectivity index (χ0n) is 40.5. The van der Waals surface area contributed by atoms with Crippen molar-refractivity contribution in [2.24, 2.45) is 0 Å². The van der Waals surface area contributed by atoms with Crippen molar-refractivity contribution in [1.82, 2.24) is 9.80 Å². The van der Waals surface area contributed by atoms with E-state index >= 15 is 0 Å². The Labute approximate surface area is 411 Å². The predicted octanol–water partition coefficient (Wildman–Crippen LogP) is 13.4. The van der Waals surface area contributed by atoms with E-state index in [2.05, 4.69) is 25.7 Å². The average Bonchev–Trinajstić information content (AvgIpc) is 3.28. The monoisotopic (exact) mass is 1000 g/mol. The summed E-state index contributed by atoms with van der Waals surface area (Å²) in [5, 5.41) is 28.8. The van der Waals surface area contributed by atoms with Crippen molar-refractivity contribution in [3.63, 3.8) is 0 Å². The van der Waals surface area contributed by atoms with Crippen molar-refractivity contribution in [3.8, 4) is 0 Å². The summed E-state index contributed by atoms with van der Waals surface area (Å²) in [5.74, 6) is 2.99. The number of aliphatic hydroxyl groups excluding tert-OH is 3. The number of ether oxygens (including phenoxy) is 2. The maximum atomic E-state index is 13.0. The van der Waals surface area contributed by atoms with Crippen LogP contribution in [0.25, 0.3) is 0 Å². The van der Waals surface area contributed by atoms with Gasteiger partial charge in [-0.05, 0) is 58.4 Å². The maximum Gasteiger partial charge on any atom is 0.307 e. The largest absolute Gasteiger partial charge is 0.461 e. The molecule has 2 atom stereocenters. The van der Waals surface area contributed by atoms with Crippen molar-refractivity contribution in [2.75, 3.05) is 82.1 Å². The maximum absolute atomic E-state index is 13.0. The van der Waals surface area contributed by atoms with Gasteiger partial charge in [-0.1, -0.05) is 205 Å². The molecule has 0 heterocycles. The van der Waals surface area contributed by atoms with Gasteiger partial charge in [0, 0.05) is 49.2 Å². The Hall–Kier alpha value is 0.840. The van der Waals surface area contributed by atoms with Gasteiger partial charge in [-0.3, -0.25) is 14.5 Å². The Morgan fingerprint density at radius 2 is 0.778 bits per heavy atom. The zero-order valence-corrected chi connectivity index (χ0v) is 45.4. The highest BCUT2D eigenvalue weighted by atomic mass is 33.5. The van der Waals surface area contributed by atoms with Gasteiger partial charge in [0.1, 0.15) is 12.2 Å². The summed E-state index contributed by atoms with van der Waals surface area (Å²) >= 11 is 0. The van der Waals surface area contributed by atoms with Crippen LogP contribution in [0.3, 0.4) is 0 Å². The Kier molecular flexibility index (Phi) is 52.9. The Balaban J connectivity index is 4.42. The smallest absolute Gasteiger partial charge is 0.307 e. The summed E-state index contributed by atoms with van der Waals surface area (Å²) in [4.78, 5) is 30.0. The molecule has 0 spiro atoms. The fraction of sp³-hybridized carbons (Fsp3) is 0.958. The number of nitrogens with zero attached hydrogens (tertiary/aromatic N) is 2. The first-order valence-corrected chi connectivity index (χ1v) is 33.1. The molecule has 0 saturated heterocycles. The second-order valence-electron chi connectivity index (χ2n) is 16.9. The predicted molar refractivity (Wildman–Crippen MR) is 285 cm³/mol. The molecule has 0 bridgehead atoms. The van der Waals surface area contributed by atoms with E-state index in [1.54, 1.807) is 41.2 Å². The third-order valence-electron chi connectivity index (χ3n) is 11.2. The minimum absolute atomic E-state index is 0.0237. The lowest BCUT2D eigenvalue weighted by atomic mass is 10.1. The van der Waals surface area contributed by atoms with Crippen LogP contribution in [-0.4, -0.2) is 131 Å². The third kappa shape index (κ3) is 46.4. The van der Waals surface area contributed by atoms with Crippen molar-refractivity contribution in [1.29, 1.82) is 0 Å². The lowest BCUT2D eigenvalue weighted by Gasteiger charge is -2.25. The minimum Gasteiger partial charge on any atom is -0.461 e. The van der Waals surface area contributed by atoms with Crippen LogP contribution in [0.15, 0.2) is 0 Å². The van der Waals surface area contributed by atoms with Crippen molar-refractivity contribution in [3.05, 3.63) is 0 Å². The van der Waals surface area contributed by atoms with Gasteiger partial charge in [-0.15, -0.1) is 0 Å². The van der Waals surface area contributed by atoms with Gasteiger partial charge in [0.2, 0.25) is 0 Å². The molecule has 15 heteroatoms. The van der Waals surface area contributed by atoms with Gasteiger partial charge < -0.3 is 29.7 Å². The van der Waals surface area contributed by atoms with E-state index in [0.717, 1.165) is 30.1 Å². The SMILES string of the molecule is CCCCCCCCCCCCCCSSSCC(CC)OC(=O)CCN(CCCN(CCO)CCO)CCC(=O)OC(CO)CSSSCCCCCCCCCCCCCC. The first-order valence-electron chi connectivity index (χ1n) is 25.4. The number of esters is 2. The van der Waals surface area contributed by atoms with Crippen LogP contribution in [0.2, 0.25) is 0 Å². The molecule has 0 aromatic heterocycles. The van der Waals surface area contributed by atoms with Gasteiger partial charge in [0.05, 0.1) is 32.7 Å². The molecule has 9 nitrogen and oxygen atoms in total. The zero-order chi connectivity index (χ0) is 46.1. The van der Waals surface area contributed by atoms with E-state index in [1.165, 1.54) is 154 Å². The van der Waals surface area contributed by atoms with Crippen LogP contribution in [0.5, 0.6) is 0 Å². The summed E-state index contributed by atoms with van der Waals surface area (Å²) < 4.78 is 11.5. The molecule has 0 aliphatic heterocycles. The van der Waals surface area contributed by atoms with Crippen molar-refractivity contribution in [2.45, 2.75) is 213 Å². The molecule has 0 aliphatic rings. The van der Waals surface area contributed by atoms with E-state index in [4.69, 9.17) is 9.47 Å². The van der Waals surface area contributed by atoms with Gasteiger partial charge in [-0.25, -0.2) is 0 Å². The Bertz CT molecular complexity index is 899. The second-order valence-corrected chi connectivity index (χ2v) is 25.7. The number of unbranched alkanes of at least 4 members (excludes halogenated alkanes) is 22. The number of carbonyl (C=O) groups is 2. The van der Waals surface area contributed by atoms with Crippen LogP contribution >= 0.6 is 62.8 Å². The highest BCUT2D eigenvalue weighted by Crippen LogP contribution is 2.37. The van der Waals surface area contributed by atoms with Crippen molar-refractivity contribution >= 4 is 74.8 Å². The van der Waals surface area contributed by atoms with E-state index in [-0.39, 0.29) is 50.7 Å². The Morgan fingerprint density at radius 3 is 1.14 bits per heavy atom. The molecule has 0 aromatic carbocycles. The molecule has 0 aromatic rings. The molecule has 0 aliphatic carbocycles. The fourth-order valence-electron chi connectivity index (χ4n) is 7.17. The van der Waals surface area contributed by atoms with E-state index in [1.807, 2.05) is 26.5 Å². The highest BCUT2D eigenvalue weighted by Gasteiger charge is 2.19. The fourth-order valence-corrected chi connectivity index (χ4v) is 15.2. The molecule has 2 unspecified atom stereocenters. The lowest BCUT2D eigenvalue weighted by Crippen LogP contribution is -2.36. The van der Waals surface area contributed by atoms with Crippen molar-refractivity contribution < 1.29 is 34.4 Å². The molecular weight excluding hydrogens is 909 g/mol. The molecule has 0 saturated carbocycles. The number of hydrogen-bond donors (Lipinski definition) is 3. The molecule has 0 radical (unpaired) electrons. The average molecular weight is 1010 g/mol. The van der Waals surface area contributed by atoms with Crippen LogP contribution in [0, 0.1) is 0 Å². The number of carbonyl (C=O) groups excluding carboxylic acids is 2. The van der Waals surface area contributed by atoms with Crippen LogP contribution in [0.4, 0.5) is 0 Å². The number of hydrogen-bond acceptors (Lipinski definition) is 15. The van der Waals surface area contributed by atoms with Crippen LogP contribution < -0.4 is 0 Å². The third-order valence-corrected chi connectivity index (χ3v) is 19.9. The Morgan fingerprint density at radius 1 is 0.429 bits per heavy atom. The van der Waals surface area contributed by atoms with Crippen LogP contribution in [-0.2, 0) is 19.1 Å². The summed E-state index contributed by atoms with van der Waals surface area (Å²) in [6.45, 7) is 9.66. The van der Waals surface area contributed by atoms with Gasteiger partial charge >= 0.3 is 11.9 Å². The molecule has 376 valence electrons. The van der Waals surface area contributed by atoms with E-state index in [9.17, 15) is 24.9 Å². The topological polar surface area (TPSA) is 120 Å². The molecule has 0 rings (SSSR count). The molecule has 63 heavy (non-hydrogen) atoms. The number of rotatable bonds is 52. The lowest BCUT2D eigenvalue weighted by molar-refractivity contribution is -0.150. The summed E-state index contributed by atoms with van der Waals surface area (Å²) in [6.07, 6.45) is 33.9. The van der Waals surface area contributed by atoms with E-state index < -0.39 is 6.10 Å². The molecule has 0 fully saturated rings. The first kappa shape index (κ1) is 63.8. The summed E-state index contributed by atoms with van der Waals surface area (Å²) in [5.41, 5.74) is 0. The van der Waals surface area contributed by atoms with Gasteiger partial charge in [0.25, 0.3) is 0 Å². The first-order chi connectivity index (χ1) is 30.9. The summed E-state index contributed by atoms with van der Waals surface area (Å²) in [7, 11) is 10.7. The van der Waals surface area contributed by atoms with Gasteiger partial charge in [0.15, 0.2) is 0 Å². The van der Waals surface area contributed by atoms with E-state index in [0.29, 0.717) is 45.0 Å². The normalized spacial score (nSPS) is 12.7. The standard InChI is InChI=1S/C48H96N2O7S6/c1-4-7-9-11-13-15-17-19-21-23-25-27-40-58-62-60-43-45(6-3)56-47(54)30-34-49(32-29-33-50(36-38-51)37-39-52)35-31-48(55)57-46(42-53)44-61-63-59-41-28-26-24-22-20-18-16-14-12-10-8-5-2/h45-46,51-53H,4-44H2,1-3H3. The van der Waals surface area contributed by atoms with Gasteiger partial charge in [-0.2, -0.15) is 0 Å². The quantitative estimate of drug-likeness (QED) is 0.0304. The summed E-state index contributed by atoms with van der Waals surface area (Å²) in [6, 6.07) is 0. The minimum atomic E-state index is -0.550. The highest BCUT2D eigenvalue weighted by molar-refractivity contribution is 9.09. The molecule has 0 amide bonds.